The standard InChI is InChI=1S/C15H24N2S/c1-12-4-6-13(7-5-12)14(10-16)17-8-9-18-15(2,3)11-17/h4-7,14H,8-11,16H2,1-3H3. The van der Waals surface area contributed by atoms with Gasteiger partial charge in [-0.05, 0) is 26.3 Å². The predicted octanol–water partition coefficient (Wildman–Crippen LogP) is 2.82. The van der Waals surface area contributed by atoms with Crippen LogP contribution in [0.25, 0.3) is 0 Å². The van der Waals surface area contributed by atoms with Crippen molar-refractivity contribution in [2.45, 2.75) is 31.6 Å². The van der Waals surface area contributed by atoms with E-state index in [1.54, 1.807) is 0 Å². The summed E-state index contributed by atoms with van der Waals surface area (Å²) in [6.45, 7) is 9.74. The van der Waals surface area contributed by atoms with Crippen LogP contribution < -0.4 is 5.73 Å². The summed E-state index contributed by atoms with van der Waals surface area (Å²) in [6, 6.07) is 9.18. The minimum atomic E-state index is 0.344. The molecule has 3 heteroatoms. The highest BCUT2D eigenvalue weighted by Gasteiger charge is 2.31. The van der Waals surface area contributed by atoms with Crippen LogP contribution in [-0.4, -0.2) is 35.0 Å². The molecule has 2 rings (SSSR count). The van der Waals surface area contributed by atoms with Crippen molar-refractivity contribution in [1.29, 1.82) is 0 Å². The van der Waals surface area contributed by atoms with Gasteiger partial charge < -0.3 is 5.73 Å². The third kappa shape index (κ3) is 3.28. The van der Waals surface area contributed by atoms with Crippen molar-refractivity contribution in [3.8, 4) is 0 Å². The second kappa shape index (κ2) is 5.64. The van der Waals surface area contributed by atoms with Gasteiger partial charge in [0, 0.05) is 36.2 Å². The fourth-order valence-corrected chi connectivity index (χ4v) is 3.74. The van der Waals surface area contributed by atoms with E-state index in [0.29, 0.717) is 17.3 Å². The van der Waals surface area contributed by atoms with E-state index in [9.17, 15) is 0 Å². The van der Waals surface area contributed by atoms with Crippen molar-refractivity contribution in [3.63, 3.8) is 0 Å². The molecule has 1 unspecified atom stereocenters. The second-order valence-corrected chi connectivity index (χ2v) is 7.54. The van der Waals surface area contributed by atoms with E-state index in [1.807, 2.05) is 0 Å². The molecule has 1 atom stereocenters. The van der Waals surface area contributed by atoms with Gasteiger partial charge in [0.15, 0.2) is 0 Å². The molecule has 1 fully saturated rings. The number of nitrogens with two attached hydrogens (primary N) is 1. The summed E-state index contributed by atoms with van der Waals surface area (Å²) in [7, 11) is 0. The fourth-order valence-electron chi connectivity index (χ4n) is 2.60. The number of aryl methyl sites for hydroxylation is 1. The average Bonchev–Trinajstić information content (AvgIpc) is 2.31. The van der Waals surface area contributed by atoms with Crippen molar-refractivity contribution in [2.75, 3.05) is 25.4 Å². The first-order chi connectivity index (χ1) is 8.52. The van der Waals surface area contributed by atoms with Crippen molar-refractivity contribution in [2.24, 2.45) is 5.73 Å². The van der Waals surface area contributed by atoms with Gasteiger partial charge in [-0.1, -0.05) is 29.8 Å². The lowest BCUT2D eigenvalue weighted by atomic mass is 10.0. The molecule has 1 aliphatic rings. The summed E-state index contributed by atoms with van der Waals surface area (Å²) < 4.78 is 0.344. The summed E-state index contributed by atoms with van der Waals surface area (Å²) in [5, 5.41) is 0. The van der Waals surface area contributed by atoms with Gasteiger partial charge in [-0.25, -0.2) is 0 Å². The maximum Gasteiger partial charge on any atom is 0.0471 e. The number of nitrogens with zero attached hydrogens (tertiary/aromatic N) is 1. The zero-order valence-electron chi connectivity index (χ0n) is 11.6. The van der Waals surface area contributed by atoms with Crippen LogP contribution in [-0.2, 0) is 0 Å². The van der Waals surface area contributed by atoms with Crippen LogP contribution in [0.1, 0.15) is 31.0 Å². The molecule has 0 bridgehead atoms. The van der Waals surface area contributed by atoms with Crippen molar-refractivity contribution in [1.82, 2.24) is 4.90 Å². The fraction of sp³-hybridized carbons (Fsp3) is 0.600. The first kappa shape index (κ1) is 13.9. The summed E-state index contributed by atoms with van der Waals surface area (Å²) in [4.78, 5) is 2.54. The largest absolute Gasteiger partial charge is 0.329 e. The SMILES string of the molecule is Cc1ccc(C(CN)N2CCSC(C)(C)C2)cc1. The molecule has 2 nitrogen and oxygen atoms in total. The molecule has 0 saturated carbocycles. The van der Waals surface area contributed by atoms with Crippen molar-refractivity contribution in [3.05, 3.63) is 35.4 Å². The molecule has 0 aromatic heterocycles. The smallest absolute Gasteiger partial charge is 0.0471 e. The number of rotatable bonds is 3. The van der Waals surface area contributed by atoms with E-state index in [-0.39, 0.29) is 0 Å². The Bertz CT molecular complexity index is 386. The Balaban J connectivity index is 2.15. The third-order valence-corrected chi connectivity index (χ3v) is 4.88. The van der Waals surface area contributed by atoms with E-state index >= 15 is 0 Å². The summed E-state index contributed by atoms with van der Waals surface area (Å²) in [5.74, 6) is 1.20. The molecule has 2 N–H and O–H groups in total. The van der Waals surface area contributed by atoms with Crippen molar-refractivity contribution >= 4 is 11.8 Å². The molecule has 0 aliphatic carbocycles. The average molecular weight is 264 g/mol. The first-order valence-corrected chi connectivity index (χ1v) is 7.65. The molecule has 1 aliphatic heterocycles. The van der Waals surface area contributed by atoms with Gasteiger partial charge in [-0.2, -0.15) is 11.8 Å². The maximum absolute atomic E-state index is 6.01. The van der Waals surface area contributed by atoms with Crippen LogP contribution in [0.15, 0.2) is 24.3 Å². The Hall–Kier alpha value is -0.510. The molecule has 0 spiro atoms. The normalized spacial score (nSPS) is 21.8. The number of hydrogen-bond donors (Lipinski definition) is 1. The minimum absolute atomic E-state index is 0.344. The van der Waals surface area contributed by atoms with Gasteiger partial charge >= 0.3 is 0 Å². The van der Waals surface area contributed by atoms with Gasteiger partial charge in [-0.15, -0.1) is 0 Å². The Labute approximate surface area is 115 Å². The third-order valence-electron chi connectivity index (χ3n) is 3.58. The molecule has 0 amide bonds. The molecular formula is C15H24N2S. The van der Waals surface area contributed by atoms with E-state index < -0.39 is 0 Å². The number of hydrogen-bond acceptors (Lipinski definition) is 3. The minimum Gasteiger partial charge on any atom is -0.329 e. The van der Waals surface area contributed by atoms with E-state index in [0.717, 1.165) is 13.1 Å². The lowest BCUT2D eigenvalue weighted by Gasteiger charge is -2.41. The zero-order valence-corrected chi connectivity index (χ0v) is 12.5. The van der Waals surface area contributed by atoms with Gasteiger partial charge in [0.1, 0.15) is 0 Å². The molecule has 18 heavy (non-hydrogen) atoms. The molecule has 100 valence electrons. The van der Waals surface area contributed by atoms with Crippen LogP contribution in [0.2, 0.25) is 0 Å². The summed E-state index contributed by atoms with van der Waals surface area (Å²) >= 11 is 2.07. The lowest BCUT2D eigenvalue weighted by Crippen LogP contribution is -2.46. The highest BCUT2D eigenvalue weighted by atomic mass is 32.2. The number of benzene rings is 1. The van der Waals surface area contributed by atoms with Crippen LogP contribution >= 0.6 is 11.8 Å². The summed E-state index contributed by atoms with van der Waals surface area (Å²) in [5.41, 5.74) is 8.68. The molecule has 1 aromatic rings. The zero-order chi connectivity index (χ0) is 13.2. The van der Waals surface area contributed by atoms with Crippen LogP contribution in [0.4, 0.5) is 0 Å². The van der Waals surface area contributed by atoms with E-state index in [2.05, 4.69) is 61.7 Å². The molecular weight excluding hydrogens is 240 g/mol. The quantitative estimate of drug-likeness (QED) is 0.910. The molecule has 1 heterocycles. The molecule has 1 aromatic carbocycles. The van der Waals surface area contributed by atoms with Gasteiger partial charge in [0.2, 0.25) is 0 Å². The van der Waals surface area contributed by atoms with Crippen LogP contribution in [0, 0.1) is 6.92 Å². The first-order valence-electron chi connectivity index (χ1n) is 6.66. The van der Waals surface area contributed by atoms with Gasteiger partial charge in [0.05, 0.1) is 0 Å². The number of thioether (sulfide) groups is 1. The maximum atomic E-state index is 6.01. The van der Waals surface area contributed by atoms with E-state index in [4.69, 9.17) is 5.73 Å². The Kier molecular flexibility index (Phi) is 4.36. The van der Waals surface area contributed by atoms with Gasteiger partial charge in [0.25, 0.3) is 0 Å². The van der Waals surface area contributed by atoms with Crippen LogP contribution in [0.5, 0.6) is 0 Å². The van der Waals surface area contributed by atoms with Gasteiger partial charge in [-0.3, -0.25) is 4.90 Å². The molecule has 0 radical (unpaired) electrons. The monoisotopic (exact) mass is 264 g/mol. The Morgan fingerprint density at radius 2 is 2.00 bits per heavy atom. The predicted molar refractivity (Wildman–Crippen MR) is 81.1 cm³/mol. The van der Waals surface area contributed by atoms with Crippen molar-refractivity contribution < 1.29 is 0 Å². The summed E-state index contributed by atoms with van der Waals surface area (Å²) in [6.07, 6.45) is 0. The second-order valence-electron chi connectivity index (χ2n) is 5.74. The van der Waals surface area contributed by atoms with Crippen LogP contribution in [0.3, 0.4) is 0 Å². The highest BCUT2D eigenvalue weighted by molar-refractivity contribution is 8.00. The molecule has 1 saturated heterocycles. The Morgan fingerprint density at radius 3 is 2.56 bits per heavy atom. The lowest BCUT2D eigenvalue weighted by molar-refractivity contribution is 0.192. The van der Waals surface area contributed by atoms with E-state index in [1.165, 1.54) is 16.9 Å². The topological polar surface area (TPSA) is 29.3 Å². The highest BCUT2D eigenvalue weighted by Crippen LogP contribution is 2.33. The Morgan fingerprint density at radius 1 is 1.33 bits per heavy atom.